The van der Waals surface area contributed by atoms with Crippen molar-refractivity contribution in [3.63, 3.8) is 0 Å². The number of nitrogen functional groups attached to an aromatic ring is 1. The molecule has 0 aromatic heterocycles. The second-order valence-electron chi connectivity index (χ2n) is 7.51. The molecule has 3 N–H and O–H groups in total. The summed E-state index contributed by atoms with van der Waals surface area (Å²) in [6, 6.07) is 10.9. The predicted octanol–water partition coefficient (Wildman–Crippen LogP) is 4.97. The molecule has 3 rings (SSSR count). The number of halogens is 1. The number of nitrogens with zero attached hydrogens (tertiary/aromatic N) is 1. The van der Waals surface area contributed by atoms with E-state index in [1.54, 1.807) is 24.3 Å². The number of nitrogens with two attached hydrogens (primary N) is 1. The van der Waals surface area contributed by atoms with Gasteiger partial charge in [0.25, 0.3) is 5.91 Å². The number of carbonyl (C=O) groups is 1. The number of carbonyl (C=O) groups excluding carboxylic acids is 1. The average Bonchev–Trinajstić information content (AvgIpc) is 2.56. The minimum absolute atomic E-state index is 0.252. The van der Waals surface area contributed by atoms with Crippen LogP contribution >= 0.6 is 11.6 Å². The second-order valence-corrected chi connectivity index (χ2v) is 7.92. The minimum Gasteiger partial charge on any atom is -0.397 e. The molecule has 0 saturated carbocycles. The molecule has 5 heteroatoms. The van der Waals surface area contributed by atoms with Gasteiger partial charge in [-0.15, -0.1) is 0 Å². The lowest BCUT2D eigenvalue weighted by Crippen LogP contribution is -2.39. The van der Waals surface area contributed by atoms with Crippen LogP contribution in [0.1, 0.15) is 36.2 Å². The fraction of sp³-hybridized carbons (Fsp3) is 0.381. The van der Waals surface area contributed by atoms with Crippen LogP contribution in [0.25, 0.3) is 0 Å². The number of rotatable bonds is 3. The number of benzene rings is 2. The molecule has 138 valence electrons. The van der Waals surface area contributed by atoms with E-state index < -0.39 is 0 Å². The van der Waals surface area contributed by atoms with E-state index in [2.05, 4.69) is 31.0 Å². The topological polar surface area (TPSA) is 58.4 Å². The van der Waals surface area contributed by atoms with E-state index in [0.717, 1.165) is 24.3 Å². The lowest BCUT2D eigenvalue weighted by atomic mass is 9.91. The molecule has 0 spiro atoms. The van der Waals surface area contributed by atoms with Crippen LogP contribution in [-0.4, -0.2) is 19.0 Å². The molecular formula is C21H26ClN3O. The van der Waals surface area contributed by atoms with Crippen molar-refractivity contribution < 1.29 is 4.79 Å². The molecule has 1 heterocycles. The van der Waals surface area contributed by atoms with Crippen molar-refractivity contribution in [3.8, 4) is 0 Å². The number of hydrogen-bond donors (Lipinski definition) is 2. The van der Waals surface area contributed by atoms with Crippen molar-refractivity contribution >= 4 is 34.6 Å². The molecule has 1 fully saturated rings. The van der Waals surface area contributed by atoms with Gasteiger partial charge in [0, 0.05) is 18.8 Å². The van der Waals surface area contributed by atoms with E-state index in [1.165, 1.54) is 6.42 Å². The van der Waals surface area contributed by atoms with Crippen LogP contribution < -0.4 is 16.0 Å². The first-order chi connectivity index (χ1) is 12.3. The first kappa shape index (κ1) is 18.6. The summed E-state index contributed by atoms with van der Waals surface area (Å²) in [7, 11) is 0. The third-order valence-electron chi connectivity index (χ3n) is 4.94. The Labute approximate surface area is 160 Å². The van der Waals surface area contributed by atoms with E-state index in [1.807, 2.05) is 12.1 Å². The molecule has 26 heavy (non-hydrogen) atoms. The average molecular weight is 372 g/mol. The van der Waals surface area contributed by atoms with Gasteiger partial charge in [-0.05, 0) is 55.0 Å². The minimum atomic E-state index is -0.252. The molecule has 2 aromatic carbocycles. The quantitative estimate of drug-likeness (QED) is 0.749. The summed E-state index contributed by atoms with van der Waals surface area (Å²) in [5, 5.41) is 3.35. The highest BCUT2D eigenvalue weighted by atomic mass is 35.5. The zero-order valence-corrected chi connectivity index (χ0v) is 16.3. The maximum Gasteiger partial charge on any atom is 0.257 e. The van der Waals surface area contributed by atoms with Gasteiger partial charge < -0.3 is 16.0 Å². The summed E-state index contributed by atoms with van der Waals surface area (Å²) in [5.41, 5.74) is 10.1. The van der Waals surface area contributed by atoms with E-state index >= 15 is 0 Å². The van der Waals surface area contributed by atoms with Crippen molar-refractivity contribution in [3.05, 3.63) is 52.5 Å². The molecule has 1 aliphatic heterocycles. The van der Waals surface area contributed by atoms with E-state index in [0.29, 0.717) is 33.8 Å². The van der Waals surface area contributed by atoms with E-state index in [-0.39, 0.29) is 5.91 Å². The Balaban J connectivity index is 1.89. The van der Waals surface area contributed by atoms with Gasteiger partial charge in [-0.2, -0.15) is 0 Å². The molecule has 2 aromatic rings. The predicted molar refractivity (Wildman–Crippen MR) is 110 cm³/mol. The smallest absolute Gasteiger partial charge is 0.257 e. The Morgan fingerprint density at radius 3 is 2.50 bits per heavy atom. The lowest BCUT2D eigenvalue weighted by molar-refractivity contribution is 0.102. The van der Waals surface area contributed by atoms with Crippen LogP contribution in [-0.2, 0) is 0 Å². The van der Waals surface area contributed by atoms with Crippen LogP contribution in [0, 0.1) is 18.8 Å². The summed E-state index contributed by atoms with van der Waals surface area (Å²) in [6.45, 7) is 8.68. The van der Waals surface area contributed by atoms with E-state index in [9.17, 15) is 4.79 Å². The number of anilines is 3. The monoisotopic (exact) mass is 371 g/mol. The molecule has 2 atom stereocenters. The second kappa shape index (κ2) is 7.58. The normalized spacial score (nSPS) is 20.1. The molecular weight excluding hydrogens is 346 g/mol. The maximum atomic E-state index is 12.6. The summed E-state index contributed by atoms with van der Waals surface area (Å²) in [6.07, 6.45) is 1.25. The van der Waals surface area contributed by atoms with Gasteiger partial charge in [0.05, 0.1) is 22.0 Å². The summed E-state index contributed by atoms with van der Waals surface area (Å²) in [4.78, 5) is 15.0. The SMILES string of the molecule is Cc1cc(N)c(NC(=O)c2ccccc2Cl)cc1N1C[C@H](C)C[C@@H](C)C1. The first-order valence-electron chi connectivity index (χ1n) is 9.06. The van der Waals surface area contributed by atoms with Gasteiger partial charge in [-0.1, -0.05) is 37.6 Å². The van der Waals surface area contributed by atoms with Gasteiger partial charge in [0.1, 0.15) is 0 Å². The fourth-order valence-corrected chi connectivity index (χ4v) is 4.08. The maximum absolute atomic E-state index is 12.6. The van der Waals surface area contributed by atoms with Crippen molar-refractivity contribution in [2.75, 3.05) is 29.0 Å². The third kappa shape index (κ3) is 3.96. The zero-order chi connectivity index (χ0) is 18.8. The number of hydrogen-bond acceptors (Lipinski definition) is 3. The summed E-state index contributed by atoms with van der Waals surface area (Å²) in [5.74, 6) is 1.05. The largest absolute Gasteiger partial charge is 0.397 e. The molecule has 0 bridgehead atoms. The Kier molecular flexibility index (Phi) is 5.42. The van der Waals surface area contributed by atoms with Gasteiger partial charge in [-0.3, -0.25) is 4.79 Å². The first-order valence-corrected chi connectivity index (χ1v) is 9.44. The van der Waals surface area contributed by atoms with Gasteiger partial charge in [-0.25, -0.2) is 0 Å². The molecule has 0 aliphatic carbocycles. The van der Waals surface area contributed by atoms with Crippen molar-refractivity contribution in [2.24, 2.45) is 11.8 Å². The van der Waals surface area contributed by atoms with Crippen molar-refractivity contribution in [1.29, 1.82) is 0 Å². The zero-order valence-electron chi connectivity index (χ0n) is 15.6. The highest BCUT2D eigenvalue weighted by Gasteiger charge is 2.24. The molecule has 1 aliphatic rings. The Bertz CT molecular complexity index is 811. The third-order valence-corrected chi connectivity index (χ3v) is 5.27. The summed E-state index contributed by atoms with van der Waals surface area (Å²) < 4.78 is 0. The fourth-order valence-electron chi connectivity index (χ4n) is 3.86. The van der Waals surface area contributed by atoms with Gasteiger partial charge in [0.2, 0.25) is 0 Å². The molecule has 0 unspecified atom stereocenters. The molecule has 1 saturated heterocycles. The van der Waals surface area contributed by atoms with Gasteiger partial charge >= 0.3 is 0 Å². The molecule has 1 amide bonds. The number of piperidine rings is 1. The molecule has 4 nitrogen and oxygen atoms in total. The highest BCUT2D eigenvalue weighted by Crippen LogP contribution is 2.34. The number of nitrogens with one attached hydrogen (secondary N) is 1. The highest BCUT2D eigenvalue weighted by molar-refractivity contribution is 6.34. The number of aryl methyl sites for hydroxylation is 1. The Hall–Kier alpha value is -2.20. The van der Waals surface area contributed by atoms with Crippen LogP contribution in [0.4, 0.5) is 17.1 Å². The standard InChI is InChI=1S/C21H26ClN3O/c1-13-8-14(2)12-25(11-13)20-10-19(18(23)9-15(20)3)24-21(26)16-6-4-5-7-17(16)22/h4-7,9-10,13-14H,8,11-12,23H2,1-3H3,(H,24,26)/t13-,14-/m1/s1. The van der Waals surface area contributed by atoms with Crippen LogP contribution in [0.2, 0.25) is 5.02 Å². The van der Waals surface area contributed by atoms with Crippen molar-refractivity contribution in [1.82, 2.24) is 0 Å². The van der Waals surface area contributed by atoms with Crippen LogP contribution in [0.5, 0.6) is 0 Å². The van der Waals surface area contributed by atoms with E-state index in [4.69, 9.17) is 17.3 Å². The van der Waals surface area contributed by atoms with Gasteiger partial charge in [0.15, 0.2) is 0 Å². The Morgan fingerprint density at radius 1 is 1.19 bits per heavy atom. The molecule has 0 radical (unpaired) electrons. The number of amides is 1. The van der Waals surface area contributed by atoms with Crippen LogP contribution in [0.15, 0.2) is 36.4 Å². The lowest BCUT2D eigenvalue weighted by Gasteiger charge is -2.37. The summed E-state index contributed by atoms with van der Waals surface area (Å²) >= 11 is 6.14. The Morgan fingerprint density at radius 2 is 1.85 bits per heavy atom. The van der Waals surface area contributed by atoms with Crippen LogP contribution in [0.3, 0.4) is 0 Å². The van der Waals surface area contributed by atoms with Crippen molar-refractivity contribution in [2.45, 2.75) is 27.2 Å².